The number of aromatic nitrogens is 1. The van der Waals surface area contributed by atoms with E-state index in [2.05, 4.69) is 41.4 Å². The summed E-state index contributed by atoms with van der Waals surface area (Å²) in [6, 6.07) is 7.52. The topological polar surface area (TPSA) is 82.8 Å². The monoisotopic (exact) mass is 371 g/mol. The maximum atomic E-state index is 11.9. The quantitative estimate of drug-likeness (QED) is 0.623. The standard InChI is InChI=1S/C20H29N5O2/c1-20(2,3)16-12-22-17(27-16)13-24-19(21-4)23-11-14-7-9-15(10-8-14)18(26)25(5)6/h7-10,12H,11,13H2,1-6H3,(H2,21,23,24). The van der Waals surface area contributed by atoms with Crippen molar-refractivity contribution in [3.05, 3.63) is 53.2 Å². The van der Waals surface area contributed by atoms with Crippen molar-refractivity contribution >= 4 is 11.9 Å². The van der Waals surface area contributed by atoms with Gasteiger partial charge in [-0.2, -0.15) is 0 Å². The molecule has 0 unspecified atom stereocenters. The first-order valence-electron chi connectivity index (χ1n) is 8.91. The molecule has 2 N–H and O–H groups in total. The smallest absolute Gasteiger partial charge is 0.253 e. The molecule has 0 radical (unpaired) electrons. The van der Waals surface area contributed by atoms with Crippen LogP contribution in [0.2, 0.25) is 0 Å². The number of guanidine groups is 1. The normalized spacial score (nSPS) is 12.0. The van der Waals surface area contributed by atoms with Crippen LogP contribution in [0.5, 0.6) is 0 Å². The second-order valence-electron chi connectivity index (χ2n) is 7.54. The van der Waals surface area contributed by atoms with Gasteiger partial charge in [-0.3, -0.25) is 9.79 Å². The lowest BCUT2D eigenvalue weighted by Gasteiger charge is -2.14. The van der Waals surface area contributed by atoms with E-state index >= 15 is 0 Å². The van der Waals surface area contributed by atoms with Gasteiger partial charge < -0.3 is 20.0 Å². The van der Waals surface area contributed by atoms with Crippen molar-refractivity contribution < 1.29 is 9.21 Å². The number of nitrogens with one attached hydrogen (secondary N) is 2. The number of amides is 1. The summed E-state index contributed by atoms with van der Waals surface area (Å²) in [6.45, 7) is 7.30. The van der Waals surface area contributed by atoms with E-state index in [0.717, 1.165) is 11.3 Å². The highest BCUT2D eigenvalue weighted by Gasteiger charge is 2.19. The summed E-state index contributed by atoms with van der Waals surface area (Å²) in [7, 11) is 5.20. The number of nitrogens with zero attached hydrogens (tertiary/aromatic N) is 3. The summed E-state index contributed by atoms with van der Waals surface area (Å²) in [5, 5.41) is 6.43. The third-order valence-electron chi connectivity index (χ3n) is 3.99. The minimum absolute atomic E-state index is 0.00689. The van der Waals surface area contributed by atoms with E-state index in [9.17, 15) is 4.79 Å². The van der Waals surface area contributed by atoms with Crippen molar-refractivity contribution in [2.75, 3.05) is 21.1 Å². The first-order chi connectivity index (χ1) is 12.7. The Morgan fingerprint density at radius 2 is 1.78 bits per heavy atom. The molecule has 27 heavy (non-hydrogen) atoms. The molecule has 146 valence electrons. The number of carbonyl (C=O) groups excluding carboxylic acids is 1. The molecule has 0 aliphatic carbocycles. The molecule has 0 saturated heterocycles. The van der Waals surface area contributed by atoms with Crippen molar-refractivity contribution in [3.63, 3.8) is 0 Å². The molecule has 1 aromatic carbocycles. The van der Waals surface area contributed by atoms with Gasteiger partial charge in [0.05, 0.1) is 12.7 Å². The van der Waals surface area contributed by atoms with Gasteiger partial charge in [0.25, 0.3) is 5.91 Å². The van der Waals surface area contributed by atoms with Crippen LogP contribution in [0.1, 0.15) is 48.3 Å². The van der Waals surface area contributed by atoms with Gasteiger partial charge in [0.15, 0.2) is 5.96 Å². The third-order valence-corrected chi connectivity index (χ3v) is 3.99. The summed E-state index contributed by atoms with van der Waals surface area (Å²) in [5.41, 5.74) is 1.66. The van der Waals surface area contributed by atoms with Crippen LogP contribution in [0, 0.1) is 0 Å². The second kappa shape index (κ2) is 8.70. The molecule has 0 bridgehead atoms. The van der Waals surface area contributed by atoms with E-state index in [1.165, 1.54) is 0 Å². The van der Waals surface area contributed by atoms with Gasteiger partial charge in [0.1, 0.15) is 5.76 Å². The zero-order valence-corrected chi connectivity index (χ0v) is 17.0. The molecule has 7 heteroatoms. The first kappa shape index (κ1) is 20.5. The van der Waals surface area contributed by atoms with E-state index < -0.39 is 0 Å². The molecule has 0 spiro atoms. The predicted molar refractivity (Wildman–Crippen MR) is 107 cm³/mol. The Bertz CT molecular complexity index is 785. The lowest BCUT2D eigenvalue weighted by molar-refractivity contribution is 0.0827. The van der Waals surface area contributed by atoms with Crippen molar-refractivity contribution in [2.24, 2.45) is 4.99 Å². The molecule has 0 fully saturated rings. The van der Waals surface area contributed by atoms with Gasteiger partial charge in [-0.15, -0.1) is 0 Å². The first-order valence-corrected chi connectivity index (χ1v) is 8.91. The SMILES string of the molecule is CN=C(NCc1ccc(C(=O)N(C)C)cc1)NCc1ncc(C(C)(C)C)o1. The minimum Gasteiger partial charge on any atom is -0.443 e. The zero-order valence-electron chi connectivity index (χ0n) is 17.0. The minimum atomic E-state index is -0.0642. The van der Waals surface area contributed by atoms with Gasteiger partial charge in [0.2, 0.25) is 5.89 Å². The number of benzene rings is 1. The molecule has 0 aliphatic heterocycles. The van der Waals surface area contributed by atoms with Gasteiger partial charge in [-0.05, 0) is 17.7 Å². The van der Waals surface area contributed by atoms with E-state index in [1.807, 2.05) is 24.3 Å². The van der Waals surface area contributed by atoms with Crippen molar-refractivity contribution in [2.45, 2.75) is 39.3 Å². The van der Waals surface area contributed by atoms with Crippen molar-refractivity contribution in [1.82, 2.24) is 20.5 Å². The number of hydrogen-bond donors (Lipinski definition) is 2. The number of oxazole rings is 1. The Hall–Kier alpha value is -2.83. The number of rotatable bonds is 5. The van der Waals surface area contributed by atoms with Crippen LogP contribution in [0.15, 0.2) is 39.9 Å². The summed E-state index contributed by atoms with van der Waals surface area (Å²) in [5.74, 6) is 2.12. The van der Waals surface area contributed by atoms with Crippen LogP contribution in [0.3, 0.4) is 0 Å². The second-order valence-corrected chi connectivity index (χ2v) is 7.54. The maximum Gasteiger partial charge on any atom is 0.253 e. The van der Waals surface area contributed by atoms with E-state index in [0.29, 0.717) is 30.5 Å². The molecule has 1 amide bonds. The van der Waals surface area contributed by atoms with Gasteiger partial charge >= 0.3 is 0 Å². The van der Waals surface area contributed by atoms with Gasteiger partial charge in [-0.1, -0.05) is 32.9 Å². The van der Waals surface area contributed by atoms with E-state index in [1.54, 1.807) is 32.2 Å². The Morgan fingerprint density at radius 3 is 2.30 bits per heavy atom. The lowest BCUT2D eigenvalue weighted by atomic mass is 9.94. The van der Waals surface area contributed by atoms with Crippen molar-refractivity contribution in [3.8, 4) is 0 Å². The summed E-state index contributed by atoms with van der Waals surface area (Å²) < 4.78 is 5.77. The number of hydrogen-bond acceptors (Lipinski definition) is 4. The average Bonchev–Trinajstić information content (AvgIpc) is 3.11. The highest BCUT2D eigenvalue weighted by molar-refractivity contribution is 5.93. The van der Waals surface area contributed by atoms with E-state index in [4.69, 9.17) is 4.42 Å². The van der Waals surface area contributed by atoms with Crippen molar-refractivity contribution in [1.29, 1.82) is 0 Å². The summed E-state index contributed by atoms with van der Waals surface area (Å²) in [6.07, 6.45) is 1.77. The molecule has 0 aliphatic rings. The van der Waals surface area contributed by atoms with Gasteiger partial charge in [0, 0.05) is 38.7 Å². The number of aliphatic imine (C=N–C) groups is 1. The molecule has 1 heterocycles. The Balaban J connectivity index is 1.87. The Labute approximate surface area is 160 Å². The lowest BCUT2D eigenvalue weighted by Crippen LogP contribution is -2.36. The predicted octanol–water partition coefficient (Wildman–Crippen LogP) is 2.54. The summed E-state index contributed by atoms with van der Waals surface area (Å²) in [4.78, 5) is 22.0. The molecule has 2 rings (SSSR count). The molecule has 2 aromatic rings. The molecular formula is C20H29N5O2. The van der Waals surface area contributed by atoms with Crippen LogP contribution < -0.4 is 10.6 Å². The van der Waals surface area contributed by atoms with Crippen LogP contribution >= 0.6 is 0 Å². The summed E-state index contributed by atoms with van der Waals surface area (Å²) >= 11 is 0. The van der Waals surface area contributed by atoms with Crippen LogP contribution in [-0.2, 0) is 18.5 Å². The van der Waals surface area contributed by atoms with Crippen LogP contribution in [0.25, 0.3) is 0 Å². The van der Waals surface area contributed by atoms with Gasteiger partial charge in [-0.25, -0.2) is 4.98 Å². The fraction of sp³-hybridized carbons (Fsp3) is 0.450. The zero-order chi connectivity index (χ0) is 20.0. The highest BCUT2D eigenvalue weighted by atomic mass is 16.4. The van der Waals surface area contributed by atoms with E-state index in [-0.39, 0.29) is 11.3 Å². The Kier molecular flexibility index (Phi) is 6.60. The largest absolute Gasteiger partial charge is 0.443 e. The fourth-order valence-corrected chi connectivity index (χ4v) is 2.33. The highest BCUT2D eigenvalue weighted by Crippen LogP contribution is 2.22. The number of carbonyl (C=O) groups is 1. The molecule has 7 nitrogen and oxygen atoms in total. The average molecular weight is 371 g/mol. The molecule has 1 aromatic heterocycles. The molecule has 0 saturated carbocycles. The Morgan fingerprint density at radius 1 is 1.15 bits per heavy atom. The third kappa shape index (κ3) is 5.84. The fourth-order valence-electron chi connectivity index (χ4n) is 2.33. The van der Waals surface area contributed by atoms with Crippen LogP contribution in [0.4, 0.5) is 0 Å². The maximum absolute atomic E-state index is 11.9. The molecule has 0 atom stereocenters. The molecular weight excluding hydrogens is 342 g/mol. The van der Waals surface area contributed by atoms with Crippen LogP contribution in [-0.4, -0.2) is 42.9 Å².